The summed E-state index contributed by atoms with van der Waals surface area (Å²) in [6.07, 6.45) is 1.66. The Hall–Kier alpha value is -2.46. The number of ether oxygens (including phenoxy) is 1. The molecule has 1 aliphatic rings. The first kappa shape index (κ1) is 17.0. The molecule has 134 valence electrons. The standard InChI is InChI=1S/C22H24N2O2/c1-15-8-6-7-11-18(15)16(2)14-20-23-24-22(26-20)19-12-13-25-21(19)17-9-4-3-5-10-17/h3-11,16,19,21H,12-14H2,1-2H3/t16?,19-,21+/m0/s1. The molecular weight excluding hydrogens is 324 g/mol. The van der Waals surface area contributed by atoms with Crippen molar-refractivity contribution >= 4 is 0 Å². The van der Waals surface area contributed by atoms with Crippen LogP contribution in [0.5, 0.6) is 0 Å². The molecule has 4 nitrogen and oxygen atoms in total. The van der Waals surface area contributed by atoms with Crippen LogP contribution in [-0.4, -0.2) is 16.8 Å². The summed E-state index contributed by atoms with van der Waals surface area (Å²) in [5, 5.41) is 8.66. The van der Waals surface area contributed by atoms with E-state index in [1.54, 1.807) is 0 Å². The summed E-state index contributed by atoms with van der Waals surface area (Å²) < 4.78 is 12.0. The van der Waals surface area contributed by atoms with E-state index >= 15 is 0 Å². The summed E-state index contributed by atoms with van der Waals surface area (Å²) in [7, 11) is 0. The van der Waals surface area contributed by atoms with E-state index in [1.165, 1.54) is 16.7 Å². The first-order chi connectivity index (χ1) is 12.7. The number of aryl methyl sites for hydroxylation is 1. The maximum Gasteiger partial charge on any atom is 0.222 e. The summed E-state index contributed by atoms with van der Waals surface area (Å²) in [6.45, 7) is 5.07. The molecule has 0 saturated carbocycles. The Bertz CT molecular complexity index is 859. The smallest absolute Gasteiger partial charge is 0.222 e. The molecule has 1 fully saturated rings. The maximum atomic E-state index is 6.05. The molecule has 1 saturated heterocycles. The Labute approximate surface area is 154 Å². The van der Waals surface area contributed by atoms with Crippen LogP contribution in [0.15, 0.2) is 59.0 Å². The van der Waals surface area contributed by atoms with Crippen LogP contribution in [0.1, 0.15) is 59.8 Å². The number of aromatic nitrogens is 2. The van der Waals surface area contributed by atoms with Crippen molar-refractivity contribution in [3.8, 4) is 0 Å². The van der Waals surface area contributed by atoms with Crippen molar-refractivity contribution in [1.29, 1.82) is 0 Å². The highest BCUT2D eigenvalue weighted by atomic mass is 16.5. The van der Waals surface area contributed by atoms with Crippen molar-refractivity contribution in [3.05, 3.63) is 83.1 Å². The van der Waals surface area contributed by atoms with Crippen molar-refractivity contribution in [2.45, 2.75) is 44.6 Å². The van der Waals surface area contributed by atoms with E-state index in [2.05, 4.69) is 60.4 Å². The van der Waals surface area contributed by atoms with Crippen LogP contribution in [0.4, 0.5) is 0 Å². The van der Waals surface area contributed by atoms with Gasteiger partial charge in [0, 0.05) is 13.0 Å². The van der Waals surface area contributed by atoms with Gasteiger partial charge < -0.3 is 9.15 Å². The molecule has 0 aliphatic carbocycles. The Morgan fingerprint density at radius 2 is 1.81 bits per heavy atom. The van der Waals surface area contributed by atoms with Gasteiger partial charge in [-0.3, -0.25) is 0 Å². The second-order valence-electron chi connectivity index (χ2n) is 7.09. The molecule has 0 spiro atoms. The van der Waals surface area contributed by atoms with Gasteiger partial charge in [-0.05, 0) is 36.0 Å². The highest BCUT2D eigenvalue weighted by Crippen LogP contribution is 2.41. The normalized spacial score (nSPS) is 21.0. The van der Waals surface area contributed by atoms with Crippen LogP contribution >= 0.6 is 0 Å². The molecule has 3 aromatic rings. The molecular formula is C22H24N2O2. The Morgan fingerprint density at radius 3 is 2.62 bits per heavy atom. The molecule has 0 N–H and O–H groups in total. The Morgan fingerprint density at radius 1 is 1.04 bits per heavy atom. The topological polar surface area (TPSA) is 48.2 Å². The molecule has 4 rings (SSSR count). The van der Waals surface area contributed by atoms with Crippen molar-refractivity contribution < 1.29 is 9.15 Å². The van der Waals surface area contributed by atoms with Crippen molar-refractivity contribution in [1.82, 2.24) is 10.2 Å². The van der Waals surface area contributed by atoms with E-state index in [4.69, 9.17) is 9.15 Å². The average molecular weight is 348 g/mol. The predicted octanol–water partition coefficient (Wildman–Crippen LogP) is 4.97. The molecule has 0 amide bonds. The fraction of sp³-hybridized carbons (Fsp3) is 0.364. The van der Waals surface area contributed by atoms with Gasteiger partial charge in [0.05, 0.1) is 12.0 Å². The Balaban J connectivity index is 1.50. The number of hydrogen-bond acceptors (Lipinski definition) is 4. The molecule has 1 unspecified atom stereocenters. The van der Waals surface area contributed by atoms with E-state index in [-0.39, 0.29) is 12.0 Å². The van der Waals surface area contributed by atoms with E-state index < -0.39 is 0 Å². The summed E-state index contributed by atoms with van der Waals surface area (Å²) in [5.74, 6) is 1.87. The highest BCUT2D eigenvalue weighted by Gasteiger charge is 2.35. The minimum atomic E-state index is -0.00158. The molecule has 2 heterocycles. The van der Waals surface area contributed by atoms with Crippen molar-refractivity contribution in [3.63, 3.8) is 0 Å². The van der Waals surface area contributed by atoms with Crippen LogP contribution in [0.3, 0.4) is 0 Å². The minimum absolute atomic E-state index is 0.00158. The fourth-order valence-corrected chi connectivity index (χ4v) is 3.82. The van der Waals surface area contributed by atoms with Gasteiger partial charge in [0.25, 0.3) is 0 Å². The molecule has 1 aromatic heterocycles. The van der Waals surface area contributed by atoms with E-state index in [0.717, 1.165) is 19.4 Å². The third-order valence-electron chi connectivity index (χ3n) is 5.22. The van der Waals surface area contributed by atoms with Crippen LogP contribution in [0.2, 0.25) is 0 Å². The first-order valence-corrected chi connectivity index (χ1v) is 9.26. The lowest BCUT2D eigenvalue weighted by Gasteiger charge is -2.15. The second-order valence-corrected chi connectivity index (χ2v) is 7.09. The second kappa shape index (κ2) is 7.42. The zero-order chi connectivity index (χ0) is 17.9. The van der Waals surface area contributed by atoms with E-state index in [0.29, 0.717) is 17.7 Å². The van der Waals surface area contributed by atoms with Gasteiger partial charge in [0.15, 0.2) is 0 Å². The van der Waals surface area contributed by atoms with Crippen LogP contribution in [-0.2, 0) is 11.2 Å². The summed E-state index contributed by atoms with van der Waals surface area (Å²) in [5.41, 5.74) is 3.80. The van der Waals surface area contributed by atoms with Crippen molar-refractivity contribution in [2.24, 2.45) is 0 Å². The summed E-state index contributed by atoms with van der Waals surface area (Å²) in [4.78, 5) is 0. The minimum Gasteiger partial charge on any atom is -0.425 e. The molecule has 2 aromatic carbocycles. The molecule has 0 radical (unpaired) electrons. The summed E-state index contributed by atoms with van der Waals surface area (Å²) >= 11 is 0. The van der Waals surface area contributed by atoms with Gasteiger partial charge >= 0.3 is 0 Å². The van der Waals surface area contributed by atoms with Gasteiger partial charge in [-0.25, -0.2) is 0 Å². The molecule has 26 heavy (non-hydrogen) atoms. The lowest BCUT2D eigenvalue weighted by atomic mass is 9.94. The van der Waals surface area contributed by atoms with Crippen molar-refractivity contribution in [2.75, 3.05) is 6.61 Å². The van der Waals surface area contributed by atoms with E-state index in [9.17, 15) is 0 Å². The van der Waals surface area contributed by atoms with Gasteiger partial charge in [0.1, 0.15) is 0 Å². The number of nitrogens with zero attached hydrogens (tertiary/aromatic N) is 2. The SMILES string of the molecule is Cc1ccccc1C(C)Cc1nnc([C@H]2CCO[C@@H]2c2ccccc2)o1. The monoisotopic (exact) mass is 348 g/mol. The first-order valence-electron chi connectivity index (χ1n) is 9.26. The largest absolute Gasteiger partial charge is 0.425 e. The molecule has 0 bridgehead atoms. The summed E-state index contributed by atoms with van der Waals surface area (Å²) in [6, 6.07) is 18.8. The van der Waals surface area contributed by atoms with Gasteiger partial charge in [-0.1, -0.05) is 61.5 Å². The van der Waals surface area contributed by atoms with Crippen LogP contribution < -0.4 is 0 Å². The van der Waals surface area contributed by atoms with Gasteiger partial charge in [-0.15, -0.1) is 10.2 Å². The lowest BCUT2D eigenvalue weighted by molar-refractivity contribution is 0.0996. The lowest BCUT2D eigenvalue weighted by Crippen LogP contribution is -2.06. The fourth-order valence-electron chi connectivity index (χ4n) is 3.82. The highest BCUT2D eigenvalue weighted by molar-refractivity contribution is 5.29. The number of rotatable bonds is 5. The maximum absolute atomic E-state index is 6.05. The predicted molar refractivity (Wildman–Crippen MR) is 100 cm³/mol. The average Bonchev–Trinajstić information content (AvgIpc) is 3.32. The number of benzene rings is 2. The number of hydrogen-bond donors (Lipinski definition) is 0. The van der Waals surface area contributed by atoms with Crippen LogP contribution in [0, 0.1) is 6.92 Å². The zero-order valence-electron chi connectivity index (χ0n) is 15.3. The molecule has 4 heteroatoms. The van der Waals surface area contributed by atoms with Gasteiger partial charge in [0.2, 0.25) is 11.8 Å². The quantitative estimate of drug-likeness (QED) is 0.653. The molecule has 3 atom stereocenters. The zero-order valence-corrected chi connectivity index (χ0v) is 15.3. The van der Waals surface area contributed by atoms with E-state index in [1.807, 2.05) is 18.2 Å². The van der Waals surface area contributed by atoms with Crippen LogP contribution in [0.25, 0.3) is 0 Å². The third-order valence-corrected chi connectivity index (χ3v) is 5.22. The third kappa shape index (κ3) is 3.42. The Kier molecular flexibility index (Phi) is 4.85. The van der Waals surface area contributed by atoms with Gasteiger partial charge in [-0.2, -0.15) is 0 Å². The molecule has 1 aliphatic heterocycles.